The predicted molar refractivity (Wildman–Crippen MR) is 86.9 cm³/mol. The minimum absolute atomic E-state index is 0.110. The maximum absolute atomic E-state index is 12.2. The van der Waals surface area contributed by atoms with Crippen LogP contribution in [0.3, 0.4) is 0 Å². The number of hydrogen-bond donors (Lipinski definition) is 1. The van der Waals surface area contributed by atoms with Crippen LogP contribution in [0.2, 0.25) is 0 Å². The Labute approximate surface area is 135 Å². The average molecular weight is 327 g/mol. The van der Waals surface area contributed by atoms with Crippen molar-refractivity contribution in [3.05, 3.63) is 16.1 Å². The van der Waals surface area contributed by atoms with Crippen LogP contribution in [0, 0.1) is 0 Å². The van der Waals surface area contributed by atoms with Gasteiger partial charge in [0.1, 0.15) is 6.54 Å². The highest BCUT2D eigenvalue weighted by atomic mass is 32.1. The summed E-state index contributed by atoms with van der Waals surface area (Å²) in [6.45, 7) is 9.20. The zero-order valence-corrected chi connectivity index (χ0v) is 14.5. The lowest BCUT2D eigenvalue weighted by Gasteiger charge is -2.21. The molecule has 0 aliphatic carbocycles. The van der Waals surface area contributed by atoms with Crippen LogP contribution in [-0.4, -0.2) is 41.6 Å². The Bertz CT molecular complexity index is 488. The summed E-state index contributed by atoms with van der Waals surface area (Å²) >= 11 is 1.61. The van der Waals surface area contributed by atoms with Gasteiger partial charge in [-0.25, -0.2) is 9.78 Å². The predicted octanol–water partition coefficient (Wildman–Crippen LogP) is 2.75. The van der Waals surface area contributed by atoms with Gasteiger partial charge in [0.15, 0.2) is 0 Å². The first-order valence-corrected chi connectivity index (χ1v) is 8.48. The molecule has 2 amide bonds. The van der Waals surface area contributed by atoms with E-state index in [9.17, 15) is 9.59 Å². The van der Waals surface area contributed by atoms with E-state index < -0.39 is 5.97 Å². The van der Waals surface area contributed by atoms with Crippen molar-refractivity contribution >= 4 is 23.3 Å². The first-order valence-electron chi connectivity index (χ1n) is 7.60. The first-order chi connectivity index (χ1) is 10.5. The highest BCUT2D eigenvalue weighted by molar-refractivity contribution is 7.09. The van der Waals surface area contributed by atoms with Crippen LogP contribution >= 0.6 is 11.3 Å². The monoisotopic (exact) mass is 327 g/mol. The summed E-state index contributed by atoms with van der Waals surface area (Å²) in [6.07, 6.45) is 0.841. The number of hydrogen-bond acceptors (Lipinski definition) is 5. The molecular weight excluding hydrogens is 302 g/mol. The molecule has 22 heavy (non-hydrogen) atoms. The first kappa shape index (κ1) is 18.4. The summed E-state index contributed by atoms with van der Waals surface area (Å²) in [7, 11) is 0. The zero-order chi connectivity index (χ0) is 16.5. The van der Waals surface area contributed by atoms with Crippen molar-refractivity contribution in [1.29, 1.82) is 0 Å². The van der Waals surface area contributed by atoms with E-state index in [1.54, 1.807) is 23.2 Å². The number of urea groups is 1. The Hall–Kier alpha value is -1.63. The molecule has 6 nitrogen and oxygen atoms in total. The number of amides is 2. The van der Waals surface area contributed by atoms with Gasteiger partial charge in [-0.05, 0) is 13.3 Å². The normalized spacial score (nSPS) is 10.6. The van der Waals surface area contributed by atoms with Crippen molar-refractivity contribution in [1.82, 2.24) is 15.2 Å². The number of thiazole rings is 1. The van der Waals surface area contributed by atoms with Crippen LogP contribution in [0.25, 0.3) is 0 Å². The molecule has 7 heteroatoms. The molecule has 1 aromatic rings. The SMILES string of the molecule is CCCN(Cc1csc(C(C)C)n1)C(=O)NCC(=O)OCC. The minimum Gasteiger partial charge on any atom is -0.465 e. The van der Waals surface area contributed by atoms with Gasteiger partial charge < -0.3 is 15.0 Å². The van der Waals surface area contributed by atoms with Crippen molar-refractivity contribution in [2.75, 3.05) is 19.7 Å². The summed E-state index contributed by atoms with van der Waals surface area (Å²) in [5.41, 5.74) is 0.883. The van der Waals surface area contributed by atoms with Crippen LogP contribution < -0.4 is 5.32 Å². The Kier molecular flexibility index (Phi) is 7.87. The number of ether oxygens (including phenoxy) is 1. The van der Waals surface area contributed by atoms with E-state index in [1.165, 1.54) is 0 Å². The molecule has 0 saturated carbocycles. The smallest absolute Gasteiger partial charge is 0.325 e. The highest BCUT2D eigenvalue weighted by Crippen LogP contribution is 2.20. The summed E-state index contributed by atoms with van der Waals surface area (Å²) in [4.78, 5) is 29.7. The molecule has 124 valence electrons. The van der Waals surface area contributed by atoms with Crippen molar-refractivity contribution in [2.24, 2.45) is 0 Å². The van der Waals surface area contributed by atoms with Crippen molar-refractivity contribution in [3.8, 4) is 0 Å². The number of aromatic nitrogens is 1. The van der Waals surface area contributed by atoms with Gasteiger partial charge in [0.05, 0.1) is 23.9 Å². The van der Waals surface area contributed by atoms with Gasteiger partial charge in [-0.3, -0.25) is 4.79 Å². The maximum Gasteiger partial charge on any atom is 0.325 e. The van der Waals surface area contributed by atoms with Gasteiger partial charge in [-0.2, -0.15) is 0 Å². The van der Waals surface area contributed by atoms with Gasteiger partial charge in [-0.1, -0.05) is 20.8 Å². The van der Waals surface area contributed by atoms with E-state index in [0.717, 1.165) is 17.1 Å². The zero-order valence-electron chi connectivity index (χ0n) is 13.7. The molecule has 0 radical (unpaired) electrons. The Morgan fingerprint density at radius 2 is 2.14 bits per heavy atom. The summed E-state index contributed by atoms with van der Waals surface area (Å²) in [6, 6.07) is -0.269. The van der Waals surface area contributed by atoms with Gasteiger partial charge in [-0.15, -0.1) is 11.3 Å². The third-order valence-electron chi connectivity index (χ3n) is 2.89. The second-order valence-corrected chi connectivity index (χ2v) is 6.11. The van der Waals surface area contributed by atoms with E-state index in [0.29, 0.717) is 25.6 Å². The van der Waals surface area contributed by atoms with Gasteiger partial charge in [0.2, 0.25) is 0 Å². The van der Waals surface area contributed by atoms with Gasteiger partial charge in [0, 0.05) is 17.8 Å². The van der Waals surface area contributed by atoms with E-state index in [2.05, 4.69) is 24.1 Å². The molecule has 0 aromatic carbocycles. The fraction of sp³-hybridized carbons (Fsp3) is 0.667. The lowest BCUT2D eigenvalue weighted by molar-refractivity contribution is -0.141. The van der Waals surface area contributed by atoms with E-state index in [4.69, 9.17) is 4.74 Å². The Morgan fingerprint density at radius 3 is 2.68 bits per heavy atom. The number of carbonyl (C=O) groups is 2. The second-order valence-electron chi connectivity index (χ2n) is 5.22. The number of esters is 1. The fourth-order valence-electron chi connectivity index (χ4n) is 1.85. The highest BCUT2D eigenvalue weighted by Gasteiger charge is 2.16. The molecule has 1 N–H and O–H groups in total. The van der Waals surface area contributed by atoms with Crippen LogP contribution in [0.15, 0.2) is 5.38 Å². The molecule has 1 heterocycles. The third kappa shape index (κ3) is 6.01. The largest absolute Gasteiger partial charge is 0.465 e. The molecule has 0 atom stereocenters. The molecule has 1 rings (SSSR count). The molecule has 0 unspecified atom stereocenters. The molecule has 1 aromatic heterocycles. The molecule has 0 bridgehead atoms. The lowest BCUT2D eigenvalue weighted by Crippen LogP contribution is -2.42. The number of rotatable bonds is 8. The van der Waals surface area contributed by atoms with E-state index >= 15 is 0 Å². The summed E-state index contributed by atoms with van der Waals surface area (Å²) < 4.78 is 4.80. The van der Waals surface area contributed by atoms with Crippen LogP contribution in [-0.2, 0) is 16.1 Å². The Balaban J connectivity index is 2.59. The third-order valence-corrected chi connectivity index (χ3v) is 4.08. The number of carbonyl (C=O) groups excluding carboxylic acids is 2. The van der Waals surface area contributed by atoms with Crippen molar-refractivity contribution in [2.45, 2.75) is 46.6 Å². The second kappa shape index (κ2) is 9.40. The fourth-order valence-corrected chi connectivity index (χ4v) is 2.68. The van der Waals surface area contributed by atoms with Crippen LogP contribution in [0.1, 0.15) is 50.7 Å². The molecule has 0 aliphatic heterocycles. The molecule has 0 saturated heterocycles. The van der Waals surface area contributed by atoms with Gasteiger partial charge >= 0.3 is 12.0 Å². The number of nitrogens with zero attached hydrogens (tertiary/aromatic N) is 2. The number of nitrogens with one attached hydrogen (secondary N) is 1. The van der Waals surface area contributed by atoms with Crippen molar-refractivity contribution in [3.63, 3.8) is 0 Å². The molecule has 0 spiro atoms. The Morgan fingerprint density at radius 1 is 1.41 bits per heavy atom. The van der Waals surface area contributed by atoms with Gasteiger partial charge in [0.25, 0.3) is 0 Å². The molecule has 0 aliphatic rings. The standard InChI is InChI=1S/C15H25N3O3S/c1-5-7-18(15(20)16-8-13(19)21-6-2)9-12-10-22-14(17-12)11(3)4/h10-11H,5-9H2,1-4H3,(H,16,20). The van der Waals surface area contributed by atoms with Crippen LogP contribution in [0.5, 0.6) is 0 Å². The maximum atomic E-state index is 12.2. The topological polar surface area (TPSA) is 71.5 Å². The van der Waals surface area contributed by atoms with Crippen molar-refractivity contribution < 1.29 is 14.3 Å². The summed E-state index contributed by atoms with van der Waals surface area (Å²) in [5, 5.41) is 5.64. The molecular formula is C15H25N3O3S. The molecule has 0 fully saturated rings. The summed E-state index contributed by atoms with van der Waals surface area (Å²) in [5.74, 6) is -0.0425. The average Bonchev–Trinajstić information content (AvgIpc) is 2.93. The van der Waals surface area contributed by atoms with Crippen LogP contribution in [0.4, 0.5) is 4.79 Å². The van der Waals surface area contributed by atoms with E-state index in [1.807, 2.05) is 12.3 Å². The van der Waals surface area contributed by atoms with E-state index in [-0.39, 0.29) is 12.6 Å². The lowest BCUT2D eigenvalue weighted by atomic mass is 10.2. The quantitative estimate of drug-likeness (QED) is 0.745. The minimum atomic E-state index is -0.428.